The van der Waals surface area contributed by atoms with Gasteiger partial charge in [-0.25, -0.2) is 14.2 Å². The highest BCUT2D eigenvalue weighted by Crippen LogP contribution is 2.15. The molecule has 0 radical (unpaired) electrons. The number of carbonyl (C=O) groups is 2. The average molecular weight is 288 g/mol. The summed E-state index contributed by atoms with van der Waals surface area (Å²) in [7, 11) is 0. The molecule has 0 bridgehead atoms. The van der Waals surface area contributed by atoms with Gasteiger partial charge in [-0.15, -0.1) is 0 Å². The molecule has 108 valence electrons. The first-order chi connectivity index (χ1) is 10.1. The van der Waals surface area contributed by atoms with E-state index in [-0.39, 0.29) is 18.3 Å². The van der Waals surface area contributed by atoms with Crippen molar-refractivity contribution in [2.75, 3.05) is 0 Å². The Balaban J connectivity index is 1.70. The summed E-state index contributed by atoms with van der Waals surface area (Å²) in [6.45, 7) is 0.129. The number of imide groups is 1. The predicted molar refractivity (Wildman–Crippen MR) is 71.6 cm³/mol. The second-order valence-corrected chi connectivity index (χ2v) is 4.83. The smallest absolute Gasteiger partial charge is 0.325 e. The number of carbonyl (C=O) groups excluding carboxylic acids is 2. The fourth-order valence-electron chi connectivity index (χ4n) is 2.25. The molecule has 21 heavy (non-hydrogen) atoms. The van der Waals surface area contributed by atoms with E-state index in [0.29, 0.717) is 12.0 Å². The lowest BCUT2D eigenvalue weighted by atomic mass is 10.1. The molecule has 0 aliphatic carbocycles. The van der Waals surface area contributed by atoms with Gasteiger partial charge in [-0.1, -0.05) is 12.1 Å². The van der Waals surface area contributed by atoms with Crippen molar-refractivity contribution in [2.24, 2.45) is 0 Å². The van der Waals surface area contributed by atoms with Gasteiger partial charge in [0.1, 0.15) is 11.9 Å². The summed E-state index contributed by atoms with van der Waals surface area (Å²) in [6.07, 6.45) is 3.50. The number of aromatic nitrogens is 2. The number of rotatable bonds is 4. The Hall–Kier alpha value is -2.70. The van der Waals surface area contributed by atoms with Crippen molar-refractivity contribution in [1.29, 1.82) is 0 Å². The fourth-order valence-corrected chi connectivity index (χ4v) is 2.25. The molecule has 1 aromatic carbocycles. The van der Waals surface area contributed by atoms with Gasteiger partial charge in [-0.05, 0) is 17.7 Å². The van der Waals surface area contributed by atoms with Crippen LogP contribution in [0.2, 0.25) is 0 Å². The minimum Gasteiger partial charge on any atom is -0.348 e. The number of hydrogen-bond donors (Lipinski definition) is 2. The van der Waals surface area contributed by atoms with Gasteiger partial charge < -0.3 is 10.3 Å². The monoisotopic (exact) mass is 288 g/mol. The molecule has 6 nitrogen and oxygen atoms in total. The topological polar surface area (TPSA) is 78.1 Å². The van der Waals surface area contributed by atoms with Crippen LogP contribution in [0, 0.1) is 5.82 Å². The summed E-state index contributed by atoms with van der Waals surface area (Å²) in [5.74, 6) is -0.646. The van der Waals surface area contributed by atoms with E-state index >= 15 is 0 Å². The Morgan fingerprint density at radius 3 is 2.67 bits per heavy atom. The second-order valence-electron chi connectivity index (χ2n) is 4.83. The number of hydrogen-bond acceptors (Lipinski definition) is 3. The molecule has 1 fully saturated rings. The highest BCUT2D eigenvalue weighted by atomic mass is 19.1. The number of H-pyrrole nitrogens is 1. The Labute approximate surface area is 120 Å². The normalized spacial score (nSPS) is 18.1. The number of imidazole rings is 1. The Morgan fingerprint density at radius 2 is 2.00 bits per heavy atom. The summed E-state index contributed by atoms with van der Waals surface area (Å²) in [6, 6.07) is 4.68. The van der Waals surface area contributed by atoms with Gasteiger partial charge in [0.05, 0.1) is 12.9 Å². The SMILES string of the molecule is O=C1N[C@H](Cc2cnc[nH]2)C(=O)N1Cc1ccc(F)cc1. The van der Waals surface area contributed by atoms with Crippen LogP contribution in [0.3, 0.4) is 0 Å². The van der Waals surface area contributed by atoms with Crippen LogP contribution in [0.25, 0.3) is 0 Å². The maximum absolute atomic E-state index is 12.9. The van der Waals surface area contributed by atoms with Gasteiger partial charge in [0.25, 0.3) is 5.91 Å². The largest absolute Gasteiger partial charge is 0.348 e. The minimum absolute atomic E-state index is 0.129. The highest BCUT2D eigenvalue weighted by Gasteiger charge is 2.37. The standard InChI is InChI=1S/C14H13FN4O2/c15-10-3-1-9(2-4-10)7-19-13(20)12(18-14(19)21)5-11-6-16-8-17-11/h1-4,6,8,12H,5,7H2,(H,16,17)(H,18,21)/t12-/m1/s1. The maximum Gasteiger partial charge on any atom is 0.325 e. The van der Waals surface area contributed by atoms with E-state index in [1.165, 1.54) is 18.5 Å². The lowest BCUT2D eigenvalue weighted by molar-refractivity contribution is -0.127. The molecule has 2 heterocycles. The quantitative estimate of drug-likeness (QED) is 0.830. The van der Waals surface area contributed by atoms with Crippen molar-refractivity contribution in [3.8, 4) is 0 Å². The molecule has 1 aliphatic heterocycles. The summed E-state index contributed by atoms with van der Waals surface area (Å²) in [5, 5.41) is 2.64. The Bertz CT molecular complexity index is 654. The highest BCUT2D eigenvalue weighted by molar-refractivity contribution is 6.04. The first-order valence-corrected chi connectivity index (χ1v) is 6.47. The number of urea groups is 1. The van der Waals surface area contributed by atoms with Crippen molar-refractivity contribution in [2.45, 2.75) is 19.0 Å². The maximum atomic E-state index is 12.9. The third kappa shape index (κ3) is 2.76. The van der Waals surface area contributed by atoms with Crippen LogP contribution in [-0.2, 0) is 17.8 Å². The molecule has 0 saturated carbocycles. The zero-order valence-electron chi connectivity index (χ0n) is 11.0. The van der Waals surface area contributed by atoms with Crippen molar-refractivity contribution in [3.05, 3.63) is 53.9 Å². The van der Waals surface area contributed by atoms with E-state index in [4.69, 9.17) is 0 Å². The van der Waals surface area contributed by atoms with Crippen LogP contribution in [0.15, 0.2) is 36.8 Å². The van der Waals surface area contributed by atoms with E-state index in [0.717, 1.165) is 10.6 Å². The lowest BCUT2D eigenvalue weighted by Gasteiger charge is -2.12. The predicted octanol–water partition coefficient (Wildman–Crippen LogP) is 1.21. The van der Waals surface area contributed by atoms with E-state index in [1.54, 1.807) is 18.3 Å². The number of benzene rings is 1. The van der Waals surface area contributed by atoms with Crippen molar-refractivity contribution >= 4 is 11.9 Å². The molecule has 2 aromatic rings. The van der Waals surface area contributed by atoms with Crippen LogP contribution in [0.4, 0.5) is 9.18 Å². The number of aromatic amines is 1. The van der Waals surface area contributed by atoms with Crippen LogP contribution < -0.4 is 5.32 Å². The average Bonchev–Trinajstić information content (AvgIpc) is 3.06. The summed E-state index contributed by atoms with van der Waals surface area (Å²) >= 11 is 0. The number of nitrogens with one attached hydrogen (secondary N) is 2. The summed E-state index contributed by atoms with van der Waals surface area (Å²) < 4.78 is 12.9. The van der Waals surface area contributed by atoms with Crippen LogP contribution in [0.1, 0.15) is 11.3 Å². The number of halogens is 1. The van der Waals surface area contributed by atoms with Gasteiger partial charge in [-0.2, -0.15) is 0 Å². The van der Waals surface area contributed by atoms with Gasteiger partial charge in [-0.3, -0.25) is 9.69 Å². The van der Waals surface area contributed by atoms with Crippen molar-refractivity contribution in [3.63, 3.8) is 0 Å². The first-order valence-electron chi connectivity index (χ1n) is 6.47. The number of amides is 3. The third-order valence-electron chi connectivity index (χ3n) is 3.34. The third-order valence-corrected chi connectivity index (χ3v) is 3.34. The lowest BCUT2D eigenvalue weighted by Crippen LogP contribution is -2.32. The van der Waals surface area contributed by atoms with Crippen LogP contribution in [-0.4, -0.2) is 32.8 Å². The van der Waals surface area contributed by atoms with Crippen molar-refractivity contribution < 1.29 is 14.0 Å². The summed E-state index contributed by atoms with van der Waals surface area (Å²) in [5.41, 5.74) is 1.47. The van der Waals surface area contributed by atoms with Gasteiger partial charge >= 0.3 is 6.03 Å². The molecular formula is C14H13FN4O2. The molecule has 7 heteroatoms. The van der Waals surface area contributed by atoms with Crippen LogP contribution in [0.5, 0.6) is 0 Å². The molecule has 1 atom stereocenters. The van der Waals surface area contributed by atoms with E-state index < -0.39 is 12.1 Å². The molecule has 1 aliphatic rings. The fraction of sp³-hybridized carbons (Fsp3) is 0.214. The summed E-state index contributed by atoms with van der Waals surface area (Å²) in [4.78, 5) is 32.0. The zero-order chi connectivity index (χ0) is 14.8. The van der Waals surface area contributed by atoms with Gasteiger partial charge in [0.15, 0.2) is 0 Å². The molecular weight excluding hydrogens is 275 g/mol. The number of nitrogens with zero attached hydrogens (tertiary/aromatic N) is 2. The molecule has 0 unspecified atom stereocenters. The van der Waals surface area contributed by atoms with E-state index in [9.17, 15) is 14.0 Å². The second kappa shape index (κ2) is 5.35. The van der Waals surface area contributed by atoms with Crippen LogP contribution >= 0.6 is 0 Å². The van der Waals surface area contributed by atoms with Gasteiger partial charge in [0, 0.05) is 18.3 Å². The van der Waals surface area contributed by atoms with E-state index in [1.807, 2.05) is 0 Å². The molecule has 1 aromatic heterocycles. The molecule has 0 spiro atoms. The molecule has 3 rings (SSSR count). The molecule has 3 amide bonds. The Kier molecular flexibility index (Phi) is 3.39. The van der Waals surface area contributed by atoms with Gasteiger partial charge in [0.2, 0.25) is 0 Å². The molecule has 1 saturated heterocycles. The van der Waals surface area contributed by atoms with E-state index in [2.05, 4.69) is 15.3 Å². The minimum atomic E-state index is -0.599. The zero-order valence-corrected chi connectivity index (χ0v) is 11.0. The molecule has 2 N–H and O–H groups in total. The first kappa shape index (κ1) is 13.3. The van der Waals surface area contributed by atoms with Crippen molar-refractivity contribution in [1.82, 2.24) is 20.2 Å². The Morgan fingerprint density at radius 1 is 1.24 bits per heavy atom.